The van der Waals surface area contributed by atoms with Gasteiger partial charge in [-0.15, -0.1) is 11.3 Å². The fourth-order valence-electron chi connectivity index (χ4n) is 1.32. The SMILES string of the molecule is O=C(NCc1cccc(F)c1)c1cccs1. The molecule has 0 aliphatic carbocycles. The van der Waals surface area contributed by atoms with Crippen molar-refractivity contribution in [2.45, 2.75) is 6.54 Å². The van der Waals surface area contributed by atoms with Crippen LogP contribution >= 0.6 is 11.3 Å². The molecule has 0 saturated carbocycles. The highest BCUT2D eigenvalue weighted by molar-refractivity contribution is 7.12. The van der Waals surface area contributed by atoms with Gasteiger partial charge in [-0.25, -0.2) is 4.39 Å². The fourth-order valence-corrected chi connectivity index (χ4v) is 1.96. The molecule has 0 saturated heterocycles. The molecule has 0 atom stereocenters. The molecule has 0 aliphatic heterocycles. The van der Waals surface area contributed by atoms with Crippen LogP contribution in [0.3, 0.4) is 0 Å². The number of amides is 1. The summed E-state index contributed by atoms with van der Waals surface area (Å²) in [5, 5.41) is 4.58. The second-order valence-electron chi connectivity index (χ2n) is 3.29. The lowest BCUT2D eigenvalue weighted by Gasteiger charge is -2.03. The highest BCUT2D eigenvalue weighted by Gasteiger charge is 2.05. The van der Waals surface area contributed by atoms with Crippen molar-refractivity contribution in [3.63, 3.8) is 0 Å². The topological polar surface area (TPSA) is 29.1 Å². The van der Waals surface area contributed by atoms with E-state index >= 15 is 0 Å². The van der Waals surface area contributed by atoms with Gasteiger partial charge in [0.2, 0.25) is 0 Å². The molecule has 2 rings (SSSR count). The Hall–Kier alpha value is -1.68. The van der Waals surface area contributed by atoms with E-state index in [1.54, 1.807) is 18.2 Å². The van der Waals surface area contributed by atoms with Gasteiger partial charge in [-0.05, 0) is 29.1 Å². The first-order chi connectivity index (χ1) is 7.75. The number of halogens is 1. The largest absolute Gasteiger partial charge is 0.347 e. The van der Waals surface area contributed by atoms with E-state index in [9.17, 15) is 9.18 Å². The third-order valence-electron chi connectivity index (χ3n) is 2.09. The van der Waals surface area contributed by atoms with Gasteiger partial charge < -0.3 is 5.32 Å². The molecule has 0 bridgehead atoms. The van der Waals surface area contributed by atoms with Gasteiger partial charge in [0.25, 0.3) is 5.91 Å². The fraction of sp³-hybridized carbons (Fsp3) is 0.0833. The predicted molar refractivity (Wildman–Crippen MR) is 61.9 cm³/mol. The van der Waals surface area contributed by atoms with Gasteiger partial charge in [-0.1, -0.05) is 18.2 Å². The van der Waals surface area contributed by atoms with E-state index in [-0.39, 0.29) is 11.7 Å². The Balaban J connectivity index is 1.95. The van der Waals surface area contributed by atoms with Gasteiger partial charge in [0.05, 0.1) is 4.88 Å². The molecule has 0 radical (unpaired) electrons. The highest BCUT2D eigenvalue weighted by atomic mass is 32.1. The Morgan fingerprint density at radius 2 is 2.19 bits per heavy atom. The van der Waals surface area contributed by atoms with E-state index in [1.807, 2.05) is 11.4 Å². The van der Waals surface area contributed by atoms with Crippen molar-refractivity contribution in [3.05, 3.63) is 58.0 Å². The molecule has 0 unspecified atom stereocenters. The van der Waals surface area contributed by atoms with Crippen molar-refractivity contribution in [1.29, 1.82) is 0 Å². The van der Waals surface area contributed by atoms with Crippen molar-refractivity contribution < 1.29 is 9.18 Å². The van der Waals surface area contributed by atoms with Crippen LogP contribution in [0.15, 0.2) is 41.8 Å². The van der Waals surface area contributed by atoms with Crippen LogP contribution in [0.1, 0.15) is 15.2 Å². The van der Waals surface area contributed by atoms with Crippen molar-refractivity contribution in [3.8, 4) is 0 Å². The molecule has 1 aromatic heterocycles. The maximum absolute atomic E-state index is 12.9. The predicted octanol–water partition coefficient (Wildman–Crippen LogP) is 2.82. The lowest BCUT2D eigenvalue weighted by molar-refractivity contribution is 0.0955. The molecule has 2 nitrogen and oxygen atoms in total. The zero-order chi connectivity index (χ0) is 11.4. The lowest BCUT2D eigenvalue weighted by atomic mass is 10.2. The van der Waals surface area contributed by atoms with Crippen molar-refractivity contribution in [1.82, 2.24) is 5.32 Å². The summed E-state index contributed by atoms with van der Waals surface area (Å²) >= 11 is 1.38. The molecule has 2 aromatic rings. The molecule has 1 amide bonds. The molecule has 0 fully saturated rings. The number of nitrogens with one attached hydrogen (secondary N) is 1. The first-order valence-corrected chi connectivity index (χ1v) is 5.70. The summed E-state index contributed by atoms with van der Waals surface area (Å²) in [5.74, 6) is -0.415. The van der Waals surface area contributed by atoms with Crippen molar-refractivity contribution in [2.24, 2.45) is 0 Å². The second-order valence-corrected chi connectivity index (χ2v) is 4.24. The van der Waals surface area contributed by atoms with Gasteiger partial charge in [0, 0.05) is 6.54 Å². The molecule has 1 N–H and O–H groups in total. The van der Waals surface area contributed by atoms with Crippen LogP contribution in [0.25, 0.3) is 0 Å². The Morgan fingerprint density at radius 1 is 1.31 bits per heavy atom. The summed E-state index contributed by atoms with van der Waals surface area (Å²) < 4.78 is 12.9. The summed E-state index contributed by atoms with van der Waals surface area (Å²) in [4.78, 5) is 12.2. The van der Waals surface area contributed by atoms with Crippen LogP contribution in [0, 0.1) is 5.82 Å². The Morgan fingerprint density at radius 3 is 2.88 bits per heavy atom. The lowest BCUT2D eigenvalue weighted by Crippen LogP contribution is -2.21. The average molecular weight is 235 g/mol. The van der Waals surface area contributed by atoms with Crippen molar-refractivity contribution in [2.75, 3.05) is 0 Å². The molecule has 1 heterocycles. The number of carbonyl (C=O) groups is 1. The average Bonchev–Trinajstić information content (AvgIpc) is 2.79. The van der Waals surface area contributed by atoms with E-state index in [1.165, 1.54) is 23.5 Å². The van der Waals surface area contributed by atoms with Gasteiger partial charge in [-0.3, -0.25) is 4.79 Å². The number of hydrogen-bond acceptors (Lipinski definition) is 2. The first-order valence-electron chi connectivity index (χ1n) is 4.82. The van der Waals surface area contributed by atoms with Crippen LogP contribution in [0.5, 0.6) is 0 Å². The minimum Gasteiger partial charge on any atom is -0.347 e. The molecule has 1 aromatic carbocycles. The summed E-state index contributed by atoms with van der Waals surface area (Å²) in [6, 6.07) is 9.77. The van der Waals surface area contributed by atoms with E-state index in [0.717, 1.165) is 5.56 Å². The van der Waals surface area contributed by atoms with Gasteiger partial charge >= 0.3 is 0 Å². The number of rotatable bonds is 3. The summed E-state index contributed by atoms with van der Waals surface area (Å²) in [6.45, 7) is 0.342. The van der Waals surface area contributed by atoms with Crippen LogP contribution in [0.4, 0.5) is 4.39 Å². The summed E-state index contributed by atoms with van der Waals surface area (Å²) in [7, 11) is 0. The maximum Gasteiger partial charge on any atom is 0.261 e. The Labute approximate surface area is 96.7 Å². The molecule has 16 heavy (non-hydrogen) atoms. The van der Waals surface area contributed by atoms with E-state index < -0.39 is 0 Å². The van der Waals surface area contributed by atoms with Crippen LogP contribution < -0.4 is 5.32 Å². The van der Waals surface area contributed by atoms with E-state index in [2.05, 4.69) is 5.32 Å². The Bertz CT molecular complexity index is 482. The quantitative estimate of drug-likeness (QED) is 0.870. The normalized spacial score (nSPS) is 10.1. The van der Waals surface area contributed by atoms with Crippen LogP contribution in [-0.4, -0.2) is 5.91 Å². The number of carbonyl (C=O) groups excluding carboxylic acids is 1. The molecule has 0 aliphatic rings. The molecule has 0 spiro atoms. The van der Waals surface area contributed by atoms with Gasteiger partial charge in [-0.2, -0.15) is 0 Å². The first kappa shape index (κ1) is 10.8. The summed E-state index contributed by atoms with van der Waals surface area (Å²) in [5.41, 5.74) is 0.755. The van der Waals surface area contributed by atoms with Gasteiger partial charge in [0.15, 0.2) is 0 Å². The van der Waals surface area contributed by atoms with E-state index in [4.69, 9.17) is 0 Å². The standard InChI is InChI=1S/C12H10FNOS/c13-10-4-1-3-9(7-10)8-14-12(15)11-5-2-6-16-11/h1-7H,8H2,(H,14,15). The minimum atomic E-state index is -0.289. The number of hydrogen-bond donors (Lipinski definition) is 1. The van der Waals surface area contributed by atoms with Gasteiger partial charge in [0.1, 0.15) is 5.82 Å². The summed E-state index contributed by atoms with van der Waals surface area (Å²) in [6.07, 6.45) is 0. The molecule has 4 heteroatoms. The zero-order valence-corrected chi connectivity index (χ0v) is 9.26. The monoisotopic (exact) mass is 235 g/mol. The van der Waals surface area contributed by atoms with Crippen LogP contribution in [-0.2, 0) is 6.54 Å². The minimum absolute atomic E-state index is 0.126. The van der Waals surface area contributed by atoms with Crippen LogP contribution in [0.2, 0.25) is 0 Å². The number of benzene rings is 1. The number of thiophene rings is 1. The molecular weight excluding hydrogens is 225 g/mol. The highest BCUT2D eigenvalue weighted by Crippen LogP contribution is 2.08. The Kier molecular flexibility index (Phi) is 3.31. The third-order valence-corrected chi connectivity index (χ3v) is 2.96. The third kappa shape index (κ3) is 2.67. The molecular formula is C12H10FNOS. The smallest absolute Gasteiger partial charge is 0.261 e. The zero-order valence-electron chi connectivity index (χ0n) is 8.44. The second kappa shape index (κ2) is 4.90. The molecule has 82 valence electrons. The van der Waals surface area contributed by atoms with E-state index in [0.29, 0.717) is 11.4 Å². The maximum atomic E-state index is 12.9. The van der Waals surface area contributed by atoms with Crippen molar-refractivity contribution >= 4 is 17.2 Å².